The van der Waals surface area contributed by atoms with E-state index < -0.39 is 0 Å². The van der Waals surface area contributed by atoms with E-state index in [4.69, 9.17) is 5.73 Å². The zero-order valence-electron chi connectivity index (χ0n) is 9.30. The SMILES string of the molecule is CC(C)(C)c1cccc2c1[C@@H](N)CC2. The molecule has 0 fully saturated rings. The zero-order valence-corrected chi connectivity index (χ0v) is 9.30. The molecule has 1 nitrogen and oxygen atoms in total. The van der Waals surface area contributed by atoms with E-state index in [1.807, 2.05) is 0 Å². The van der Waals surface area contributed by atoms with Gasteiger partial charge in [0.25, 0.3) is 0 Å². The summed E-state index contributed by atoms with van der Waals surface area (Å²) >= 11 is 0. The van der Waals surface area contributed by atoms with Gasteiger partial charge in [0.05, 0.1) is 0 Å². The van der Waals surface area contributed by atoms with Gasteiger partial charge in [0.2, 0.25) is 0 Å². The molecule has 14 heavy (non-hydrogen) atoms. The van der Waals surface area contributed by atoms with Crippen molar-refractivity contribution < 1.29 is 0 Å². The fourth-order valence-electron chi connectivity index (χ4n) is 2.38. The molecule has 1 atom stereocenters. The van der Waals surface area contributed by atoms with Crippen LogP contribution in [0.25, 0.3) is 0 Å². The van der Waals surface area contributed by atoms with Gasteiger partial charge in [-0.15, -0.1) is 0 Å². The lowest BCUT2D eigenvalue weighted by molar-refractivity contribution is 0.573. The van der Waals surface area contributed by atoms with Crippen LogP contribution in [0, 0.1) is 0 Å². The molecule has 0 amide bonds. The van der Waals surface area contributed by atoms with Crippen LogP contribution in [-0.2, 0) is 11.8 Å². The Morgan fingerprint density at radius 2 is 2.00 bits per heavy atom. The Morgan fingerprint density at radius 3 is 2.64 bits per heavy atom. The Balaban J connectivity index is 2.58. The van der Waals surface area contributed by atoms with Gasteiger partial charge in [0, 0.05) is 6.04 Å². The number of hydrogen-bond donors (Lipinski definition) is 1. The lowest BCUT2D eigenvalue weighted by Crippen LogP contribution is -2.18. The highest BCUT2D eigenvalue weighted by atomic mass is 14.7. The van der Waals surface area contributed by atoms with Crippen molar-refractivity contribution in [1.29, 1.82) is 0 Å². The third-order valence-corrected chi connectivity index (χ3v) is 3.10. The van der Waals surface area contributed by atoms with Gasteiger partial charge in [0.1, 0.15) is 0 Å². The monoisotopic (exact) mass is 189 g/mol. The van der Waals surface area contributed by atoms with Crippen LogP contribution >= 0.6 is 0 Å². The number of aryl methyl sites for hydroxylation is 1. The largest absolute Gasteiger partial charge is 0.324 e. The molecule has 0 aromatic heterocycles. The molecule has 1 aromatic carbocycles. The molecular formula is C13H19N. The van der Waals surface area contributed by atoms with Crippen molar-refractivity contribution in [2.24, 2.45) is 5.73 Å². The summed E-state index contributed by atoms with van der Waals surface area (Å²) in [5.41, 5.74) is 10.7. The van der Waals surface area contributed by atoms with Crippen molar-refractivity contribution in [1.82, 2.24) is 0 Å². The van der Waals surface area contributed by atoms with E-state index in [2.05, 4.69) is 39.0 Å². The molecular weight excluding hydrogens is 170 g/mol. The van der Waals surface area contributed by atoms with Crippen molar-refractivity contribution in [2.45, 2.75) is 45.1 Å². The first-order valence-corrected chi connectivity index (χ1v) is 5.38. The Morgan fingerprint density at radius 1 is 1.29 bits per heavy atom. The molecule has 76 valence electrons. The van der Waals surface area contributed by atoms with Gasteiger partial charge in [-0.1, -0.05) is 39.0 Å². The molecule has 1 aliphatic rings. The van der Waals surface area contributed by atoms with Crippen LogP contribution in [0.4, 0.5) is 0 Å². The number of benzene rings is 1. The first-order chi connectivity index (χ1) is 6.50. The van der Waals surface area contributed by atoms with Gasteiger partial charge in [0.15, 0.2) is 0 Å². The van der Waals surface area contributed by atoms with Crippen LogP contribution < -0.4 is 5.73 Å². The highest BCUT2D eigenvalue weighted by molar-refractivity contribution is 5.44. The first kappa shape index (κ1) is 9.72. The highest BCUT2D eigenvalue weighted by Crippen LogP contribution is 2.37. The molecule has 1 aromatic rings. The Hall–Kier alpha value is -0.820. The van der Waals surface area contributed by atoms with Crippen LogP contribution in [0.2, 0.25) is 0 Å². The lowest BCUT2D eigenvalue weighted by atomic mass is 9.82. The van der Waals surface area contributed by atoms with Gasteiger partial charge in [-0.3, -0.25) is 0 Å². The Kier molecular flexibility index (Phi) is 2.15. The van der Waals surface area contributed by atoms with Gasteiger partial charge in [-0.05, 0) is 34.9 Å². The van der Waals surface area contributed by atoms with Gasteiger partial charge >= 0.3 is 0 Å². The minimum absolute atomic E-state index is 0.216. The van der Waals surface area contributed by atoms with E-state index in [9.17, 15) is 0 Å². The molecule has 0 radical (unpaired) electrons. The van der Waals surface area contributed by atoms with Crippen LogP contribution in [-0.4, -0.2) is 0 Å². The van der Waals surface area contributed by atoms with Crippen molar-refractivity contribution in [3.8, 4) is 0 Å². The summed E-state index contributed by atoms with van der Waals surface area (Å²) in [5.74, 6) is 0. The maximum Gasteiger partial charge on any atom is 0.0303 e. The van der Waals surface area contributed by atoms with Crippen molar-refractivity contribution in [3.63, 3.8) is 0 Å². The maximum absolute atomic E-state index is 6.14. The second kappa shape index (κ2) is 3.09. The van der Waals surface area contributed by atoms with Crippen LogP contribution in [0.1, 0.15) is 49.9 Å². The highest BCUT2D eigenvalue weighted by Gasteiger charge is 2.26. The summed E-state index contributed by atoms with van der Waals surface area (Å²) in [6.45, 7) is 6.77. The van der Waals surface area contributed by atoms with Gasteiger partial charge < -0.3 is 5.73 Å². The normalized spacial score (nSPS) is 21.0. The van der Waals surface area contributed by atoms with Crippen LogP contribution in [0.5, 0.6) is 0 Å². The Bertz CT molecular complexity index is 347. The fourth-order valence-corrected chi connectivity index (χ4v) is 2.38. The quantitative estimate of drug-likeness (QED) is 0.667. The predicted octanol–water partition coefficient (Wildman–Crippen LogP) is 2.93. The van der Waals surface area contributed by atoms with Crippen LogP contribution in [0.3, 0.4) is 0 Å². The molecule has 0 bridgehead atoms. The predicted molar refractivity (Wildman–Crippen MR) is 60.4 cm³/mol. The summed E-state index contributed by atoms with van der Waals surface area (Å²) in [6, 6.07) is 6.87. The van der Waals surface area contributed by atoms with E-state index in [-0.39, 0.29) is 11.5 Å². The molecule has 0 unspecified atom stereocenters. The van der Waals surface area contributed by atoms with E-state index in [0.717, 1.165) is 12.8 Å². The van der Waals surface area contributed by atoms with E-state index in [0.29, 0.717) is 0 Å². The molecule has 0 saturated carbocycles. The standard InChI is InChI=1S/C13H19N/c1-13(2,3)10-6-4-5-9-7-8-11(14)12(9)10/h4-6,11H,7-8,14H2,1-3H3/t11-/m0/s1. The number of hydrogen-bond acceptors (Lipinski definition) is 1. The summed E-state index contributed by atoms with van der Waals surface area (Å²) < 4.78 is 0. The molecule has 2 N–H and O–H groups in total. The maximum atomic E-state index is 6.14. The molecule has 0 aliphatic heterocycles. The molecule has 0 spiro atoms. The summed E-state index contributed by atoms with van der Waals surface area (Å²) in [5, 5.41) is 0. The topological polar surface area (TPSA) is 26.0 Å². The number of nitrogens with two attached hydrogens (primary N) is 1. The smallest absolute Gasteiger partial charge is 0.0303 e. The fraction of sp³-hybridized carbons (Fsp3) is 0.538. The molecule has 1 heteroatoms. The van der Waals surface area contributed by atoms with Crippen molar-refractivity contribution in [3.05, 3.63) is 34.9 Å². The third-order valence-electron chi connectivity index (χ3n) is 3.10. The molecule has 2 rings (SSSR count). The van der Waals surface area contributed by atoms with Gasteiger partial charge in [-0.2, -0.15) is 0 Å². The second-order valence-corrected chi connectivity index (χ2v) is 5.27. The summed E-state index contributed by atoms with van der Waals surface area (Å²) in [6.07, 6.45) is 2.27. The number of fused-ring (bicyclic) bond motifs is 1. The first-order valence-electron chi connectivity index (χ1n) is 5.38. The lowest BCUT2D eigenvalue weighted by Gasteiger charge is -2.24. The van der Waals surface area contributed by atoms with E-state index in [1.54, 1.807) is 0 Å². The average molecular weight is 189 g/mol. The molecule has 1 aliphatic carbocycles. The van der Waals surface area contributed by atoms with Crippen molar-refractivity contribution in [2.75, 3.05) is 0 Å². The van der Waals surface area contributed by atoms with E-state index >= 15 is 0 Å². The number of rotatable bonds is 0. The molecule has 0 saturated heterocycles. The van der Waals surface area contributed by atoms with Crippen molar-refractivity contribution >= 4 is 0 Å². The summed E-state index contributed by atoms with van der Waals surface area (Å²) in [7, 11) is 0. The molecule has 0 heterocycles. The van der Waals surface area contributed by atoms with E-state index in [1.165, 1.54) is 16.7 Å². The Labute approximate surface area is 86.3 Å². The van der Waals surface area contributed by atoms with Crippen LogP contribution in [0.15, 0.2) is 18.2 Å². The summed E-state index contributed by atoms with van der Waals surface area (Å²) in [4.78, 5) is 0. The average Bonchev–Trinajstić information content (AvgIpc) is 2.46. The van der Waals surface area contributed by atoms with Gasteiger partial charge in [-0.25, -0.2) is 0 Å². The third kappa shape index (κ3) is 1.46. The zero-order chi connectivity index (χ0) is 10.3. The minimum atomic E-state index is 0.216. The second-order valence-electron chi connectivity index (χ2n) is 5.27. The minimum Gasteiger partial charge on any atom is -0.324 e.